The quantitative estimate of drug-likeness (QED) is 0.433. The maximum absolute atomic E-state index is 12.4. The second-order valence-corrected chi connectivity index (χ2v) is 6.62. The molecule has 5 nitrogen and oxygen atoms in total. The van der Waals surface area contributed by atoms with Gasteiger partial charge < -0.3 is 4.48 Å². The van der Waals surface area contributed by atoms with Crippen LogP contribution in [0.3, 0.4) is 0 Å². The molecule has 0 aromatic heterocycles. The van der Waals surface area contributed by atoms with E-state index in [1.807, 2.05) is 13.8 Å². The maximum atomic E-state index is 12.4. The number of phosphoric ester groups is 1. The molecule has 0 aliphatic heterocycles. The Morgan fingerprint density at radius 1 is 1.11 bits per heavy atom. The zero-order valence-electron chi connectivity index (χ0n) is 13.3. The van der Waals surface area contributed by atoms with Gasteiger partial charge in [-0.15, -0.1) is 0 Å². The molecule has 0 fully saturated rings. The van der Waals surface area contributed by atoms with Gasteiger partial charge in [-0.3, -0.25) is 13.6 Å². The average Bonchev–Trinajstić information content (AvgIpc) is 2.38. The number of hydrogen-bond acceptors (Lipinski definition) is 4. The monoisotopic (exact) mass is 296 g/mol. The Morgan fingerprint density at radius 2 is 1.68 bits per heavy atom. The van der Waals surface area contributed by atoms with Gasteiger partial charge in [0.15, 0.2) is 0 Å². The second kappa shape index (κ2) is 9.09. The third-order valence-corrected chi connectivity index (χ3v) is 5.27. The molecule has 0 aromatic rings. The molecule has 0 bridgehead atoms. The third kappa shape index (κ3) is 7.42. The Balaban J connectivity index is 4.39. The van der Waals surface area contributed by atoms with E-state index < -0.39 is 7.82 Å². The van der Waals surface area contributed by atoms with Gasteiger partial charge in [0.2, 0.25) is 0 Å². The van der Waals surface area contributed by atoms with Crippen LogP contribution in [0.1, 0.15) is 41.0 Å². The molecule has 116 valence electrons. The molecule has 6 heteroatoms. The lowest BCUT2D eigenvalue weighted by Gasteiger charge is -2.32. The Hall–Kier alpha value is 0.0700. The first kappa shape index (κ1) is 19.1. The zero-order chi connectivity index (χ0) is 14.9. The highest BCUT2D eigenvalue weighted by Gasteiger charge is 2.29. The van der Waals surface area contributed by atoms with E-state index in [0.29, 0.717) is 13.2 Å². The van der Waals surface area contributed by atoms with Crippen LogP contribution in [-0.2, 0) is 18.1 Å². The van der Waals surface area contributed by atoms with Gasteiger partial charge in [-0.25, -0.2) is 4.57 Å². The first-order chi connectivity index (χ1) is 8.84. The van der Waals surface area contributed by atoms with Crippen LogP contribution in [0.15, 0.2) is 0 Å². The molecule has 0 spiro atoms. The highest BCUT2D eigenvalue weighted by Crippen LogP contribution is 2.50. The van der Waals surface area contributed by atoms with Gasteiger partial charge in [0, 0.05) is 0 Å². The van der Waals surface area contributed by atoms with E-state index in [9.17, 15) is 4.57 Å². The molecule has 0 N–H and O–H groups in total. The minimum atomic E-state index is -3.41. The summed E-state index contributed by atoms with van der Waals surface area (Å²) in [5, 5.41) is 0. The van der Waals surface area contributed by atoms with Crippen LogP contribution in [-0.4, -0.2) is 50.5 Å². The number of nitrogens with zero attached hydrogens (tertiary/aromatic N) is 1. The van der Waals surface area contributed by atoms with E-state index in [1.54, 1.807) is 6.92 Å². The largest absolute Gasteiger partial charge is 0.475 e. The van der Waals surface area contributed by atoms with E-state index >= 15 is 0 Å². The summed E-state index contributed by atoms with van der Waals surface area (Å²) in [6.45, 7) is 13.4. The van der Waals surface area contributed by atoms with Crippen molar-refractivity contribution >= 4 is 7.82 Å². The van der Waals surface area contributed by atoms with E-state index in [0.717, 1.165) is 30.5 Å². The molecule has 2 atom stereocenters. The summed E-state index contributed by atoms with van der Waals surface area (Å²) in [6.07, 6.45) is 0.647. The van der Waals surface area contributed by atoms with E-state index in [1.165, 1.54) is 0 Å². The topological polar surface area (TPSA) is 44.8 Å². The molecule has 2 unspecified atom stereocenters. The van der Waals surface area contributed by atoms with Gasteiger partial charge >= 0.3 is 7.82 Å². The summed E-state index contributed by atoms with van der Waals surface area (Å²) in [6, 6.07) is 0. The molecular weight excluding hydrogens is 265 g/mol. The minimum Gasteiger partial charge on any atom is -0.325 e. The molecule has 0 saturated heterocycles. The molecule has 0 rings (SSSR count). The maximum Gasteiger partial charge on any atom is 0.475 e. The molecule has 0 aliphatic rings. The van der Waals surface area contributed by atoms with Crippen LogP contribution < -0.4 is 0 Å². The Labute approximate surface area is 118 Å². The van der Waals surface area contributed by atoms with Crippen molar-refractivity contribution in [3.63, 3.8) is 0 Å². The SMILES string of the molecule is CCOP(=O)(OCC[N+](C)(CC)CC)OC(C)CC. The molecule has 0 radical (unpaired) electrons. The lowest BCUT2D eigenvalue weighted by atomic mass is 10.3. The smallest absolute Gasteiger partial charge is 0.325 e. The molecule has 0 heterocycles. The van der Waals surface area contributed by atoms with Crippen LogP contribution in [0, 0.1) is 0 Å². The molecular formula is C13H31NO4P+. The molecule has 0 aromatic carbocycles. The van der Waals surface area contributed by atoms with E-state index in [2.05, 4.69) is 20.9 Å². The predicted molar refractivity (Wildman–Crippen MR) is 78.2 cm³/mol. The van der Waals surface area contributed by atoms with Crippen LogP contribution in [0.2, 0.25) is 0 Å². The van der Waals surface area contributed by atoms with Crippen molar-refractivity contribution < 1.29 is 22.6 Å². The van der Waals surface area contributed by atoms with Gasteiger partial charge in [0.25, 0.3) is 0 Å². The zero-order valence-corrected chi connectivity index (χ0v) is 14.2. The van der Waals surface area contributed by atoms with Gasteiger partial charge in [0.05, 0.1) is 32.8 Å². The third-order valence-electron chi connectivity index (χ3n) is 3.58. The van der Waals surface area contributed by atoms with Crippen LogP contribution in [0.25, 0.3) is 0 Å². The predicted octanol–water partition coefficient (Wildman–Crippen LogP) is 3.45. The summed E-state index contributed by atoms with van der Waals surface area (Å²) < 4.78 is 29.3. The number of quaternary nitrogens is 1. The number of phosphoric acid groups is 1. The summed E-state index contributed by atoms with van der Waals surface area (Å²) >= 11 is 0. The van der Waals surface area contributed by atoms with Gasteiger partial charge in [-0.1, -0.05) is 6.92 Å². The van der Waals surface area contributed by atoms with Crippen molar-refractivity contribution in [1.82, 2.24) is 0 Å². The molecule has 19 heavy (non-hydrogen) atoms. The number of likely N-dealkylation sites (N-methyl/N-ethyl adjacent to an activating group) is 1. The minimum absolute atomic E-state index is 0.129. The van der Waals surface area contributed by atoms with E-state index in [-0.39, 0.29) is 6.10 Å². The Bertz CT molecular complexity index is 282. The van der Waals surface area contributed by atoms with Crippen molar-refractivity contribution in [2.75, 3.05) is 39.9 Å². The fourth-order valence-electron chi connectivity index (χ4n) is 1.46. The molecule has 0 aliphatic carbocycles. The van der Waals surface area contributed by atoms with Crippen molar-refractivity contribution in [2.24, 2.45) is 0 Å². The second-order valence-electron chi connectivity index (χ2n) is 5.00. The van der Waals surface area contributed by atoms with E-state index in [4.69, 9.17) is 13.6 Å². The van der Waals surface area contributed by atoms with Gasteiger partial charge in [-0.2, -0.15) is 0 Å². The first-order valence-corrected chi connectivity index (χ1v) is 8.71. The van der Waals surface area contributed by atoms with Gasteiger partial charge in [0.1, 0.15) is 13.2 Å². The van der Waals surface area contributed by atoms with Crippen LogP contribution >= 0.6 is 7.82 Å². The summed E-state index contributed by atoms with van der Waals surface area (Å²) in [4.78, 5) is 0. The highest BCUT2D eigenvalue weighted by atomic mass is 31.2. The van der Waals surface area contributed by atoms with Crippen molar-refractivity contribution in [1.29, 1.82) is 0 Å². The normalized spacial score (nSPS) is 17.2. The number of hydrogen-bond donors (Lipinski definition) is 0. The summed E-state index contributed by atoms with van der Waals surface area (Å²) in [5.41, 5.74) is 0. The first-order valence-electron chi connectivity index (χ1n) is 7.25. The highest BCUT2D eigenvalue weighted by molar-refractivity contribution is 7.48. The summed E-state index contributed by atoms with van der Waals surface area (Å²) in [7, 11) is -1.25. The number of rotatable bonds is 11. The Kier molecular flexibility index (Phi) is 9.12. The lowest BCUT2D eigenvalue weighted by molar-refractivity contribution is -0.906. The van der Waals surface area contributed by atoms with Crippen LogP contribution in [0.4, 0.5) is 0 Å². The fourth-order valence-corrected chi connectivity index (χ4v) is 2.87. The molecule has 0 saturated carbocycles. The Morgan fingerprint density at radius 3 is 2.11 bits per heavy atom. The fraction of sp³-hybridized carbons (Fsp3) is 1.00. The molecule has 0 amide bonds. The standard InChI is InChI=1S/C13H31NO4P/c1-7-13(5)18-19(15,16-10-4)17-12-11-14(6,8-2)9-3/h13H,7-12H2,1-6H3/q+1. The average molecular weight is 296 g/mol. The lowest BCUT2D eigenvalue weighted by Crippen LogP contribution is -2.45. The van der Waals surface area contributed by atoms with Crippen LogP contribution in [0.5, 0.6) is 0 Å². The van der Waals surface area contributed by atoms with Crippen molar-refractivity contribution in [2.45, 2.75) is 47.1 Å². The van der Waals surface area contributed by atoms with Gasteiger partial charge in [-0.05, 0) is 34.1 Å². The van der Waals surface area contributed by atoms with Crippen molar-refractivity contribution in [3.05, 3.63) is 0 Å². The van der Waals surface area contributed by atoms with Crippen molar-refractivity contribution in [3.8, 4) is 0 Å². The summed E-state index contributed by atoms with van der Waals surface area (Å²) in [5.74, 6) is 0.